The summed E-state index contributed by atoms with van der Waals surface area (Å²) in [6.45, 7) is 11.3. The second kappa shape index (κ2) is 6.01. The minimum atomic E-state index is 0.132. The molecule has 1 atom stereocenters. The topological polar surface area (TPSA) is 29.1 Å². The van der Waals surface area contributed by atoms with Crippen LogP contribution in [-0.2, 0) is 4.79 Å². The predicted octanol–water partition coefficient (Wildman–Crippen LogP) is 2.44. The second-order valence-corrected chi connectivity index (χ2v) is 4.51. The minimum absolute atomic E-state index is 0.132. The van der Waals surface area contributed by atoms with Crippen molar-refractivity contribution < 1.29 is 4.79 Å². The number of carbonyl (C=O) groups excluding carboxylic acids is 1. The maximum Gasteiger partial charge on any atom is 0.223 e. The van der Waals surface area contributed by atoms with E-state index in [1.807, 2.05) is 6.92 Å². The molecule has 0 heterocycles. The van der Waals surface area contributed by atoms with Crippen LogP contribution in [-0.4, -0.2) is 12.5 Å². The van der Waals surface area contributed by atoms with Gasteiger partial charge in [0.05, 0.1) is 0 Å². The highest BCUT2D eigenvalue weighted by molar-refractivity contribution is 5.78. The van der Waals surface area contributed by atoms with E-state index in [1.54, 1.807) is 0 Å². The van der Waals surface area contributed by atoms with Gasteiger partial charge in [-0.15, -0.1) is 0 Å². The Bertz CT molecular complexity index is 152. The maximum absolute atomic E-state index is 11.5. The van der Waals surface area contributed by atoms with Crippen molar-refractivity contribution in [1.82, 2.24) is 5.32 Å². The molecule has 0 fully saturated rings. The Labute approximate surface area is 82.1 Å². The summed E-state index contributed by atoms with van der Waals surface area (Å²) in [5.41, 5.74) is 0. The third kappa shape index (κ3) is 5.67. The van der Waals surface area contributed by atoms with Crippen LogP contribution in [0.1, 0.15) is 41.0 Å². The van der Waals surface area contributed by atoms with Crippen molar-refractivity contribution in [3.05, 3.63) is 0 Å². The van der Waals surface area contributed by atoms with Crippen LogP contribution in [0.5, 0.6) is 0 Å². The van der Waals surface area contributed by atoms with Gasteiger partial charge in [-0.2, -0.15) is 0 Å². The van der Waals surface area contributed by atoms with Crippen LogP contribution in [0.3, 0.4) is 0 Å². The quantitative estimate of drug-likeness (QED) is 0.700. The van der Waals surface area contributed by atoms with Crippen molar-refractivity contribution in [2.45, 2.75) is 41.0 Å². The fourth-order valence-electron chi connectivity index (χ4n) is 0.948. The molecule has 2 nitrogen and oxygen atoms in total. The fraction of sp³-hybridized carbons (Fsp3) is 0.909. The van der Waals surface area contributed by atoms with Gasteiger partial charge >= 0.3 is 0 Å². The molecule has 13 heavy (non-hydrogen) atoms. The number of carbonyl (C=O) groups is 1. The summed E-state index contributed by atoms with van der Waals surface area (Å²) in [6.07, 6.45) is 1.07. The molecule has 0 saturated carbocycles. The highest BCUT2D eigenvalue weighted by atomic mass is 16.1. The molecule has 0 aliphatic carbocycles. The summed E-state index contributed by atoms with van der Waals surface area (Å²) in [7, 11) is 0. The van der Waals surface area contributed by atoms with Crippen molar-refractivity contribution in [3.63, 3.8) is 0 Å². The molecule has 1 amide bonds. The first kappa shape index (κ1) is 12.5. The Morgan fingerprint density at radius 3 is 2.08 bits per heavy atom. The molecule has 0 radical (unpaired) electrons. The summed E-state index contributed by atoms with van der Waals surface area (Å²) < 4.78 is 0. The summed E-state index contributed by atoms with van der Waals surface area (Å²) in [4.78, 5) is 11.5. The third-order valence-electron chi connectivity index (χ3n) is 2.43. The van der Waals surface area contributed by atoms with E-state index < -0.39 is 0 Å². The van der Waals surface area contributed by atoms with E-state index >= 15 is 0 Å². The molecule has 78 valence electrons. The largest absolute Gasteiger partial charge is 0.356 e. The lowest BCUT2D eigenvalue weighted by molar-refractivity contribution is -0.125. The molecule has 0 spiro atoms. The second-order valence-electron chi connectivity index (χ2n) is 4.51. The molecule has 0 aromatic heterocycles. The average molecular weight is 185 g/mol. The van der Waals surface area contributed by atoms with Gasteiger partial charge in [-0.05, 0) is 18.3 Å². The monoisotopic (exact) mass is 185 g/mol. The van der Waals surface area contributed by atoms with Gasteiger partial charge in [0.1, 0.15) is 0 Å². The van der Waals surface area contributed by atoms with Crippen molar-refractivity contribution in [3.8, 4) is 0 Å². The van der Waals surface area contributed by atoms with Crippen molar-refractivity contribution in [2.24, 2.45) is 17.8 Å². The van der Waals surface area contributed by atoms with E-state index in [4.69, 9.17) is 0 Å². The van der Waals surface area contributed by atoms with Gasteiger partial charge in [-0.1, -0.05) is 34.6 Å². The first-order valence-electron chi connectivity index (χ1n) is 5.22. The Morgan fingerprint density at radius 1 is 1.15 bits per heavy atom. The summed E-state index contributed by atoms with van der Waals surface area (Å²) in [5, 5.41) is 2.96. The Balaban J connectivity index is 3.62. The Morgan fingerprint density at radius 2 is 1.69 bits per heavy atom. The number of hydrogen-bond acceptors (Lipinski definition) is 1. The van der Waals surface area contributed by atoms with Gasteiger partial charge < -0.3 is 5.32 Å². The number of amides is 1. The van der Waals surface area contributed by atoms with Crippen molar-refractivity contribution in [2.75, 3.05) is 6.54 Å². The molecule has 2 heteroatoms. The Kier molecular flexibility index (Phi) is 5.76. The Hall–Kier alpha value is -0.530. The third-order valence-corrected chi connectivity index (χ3v) is 2.43. The summed E-state index contributed by atoms with van der Waals surface area (Å²) in [6, 6.07) is 0. The normalized spacial score (nSPS) is 13.5. The highest BCUT2D eigenvalue weighted by Crippen LogP contribution is 2.09. The number of hydrogen-bond donors (Lipinski definition) is 1. The van der Waals surface area contributed by atoms with E-state index in [1.165, 1.54) is 0 Å². The zero-order chi connectivity index (χ0) is 10.4. The first-order valence-corrected chi connectivity index (χ1v) is 5.22. The van der Waals surface area contributed by atoms with Crippen LogP contribution in [0.4, 0.5) is 0 Å². The molecule has 1 unspecified atom stereocenters. The van der Waals surface area contributed by atoms with Gasteiger partial charge in [0.2, 0.25) is 5.91 Å². The lowest BCUT2D eigenvalue weighted by Gasteiger charge is -2.15. The highest BCUT2D eigenvalue weighted by Gasteiger charge is 2.15. The molecule has 0 aliphatic rings. The molecule has 0 aliphatic heterocycles. The van der Waals surface area contributed by atoms with E-state index in [0.717, 1.165) is 13.0 Å². The van der Waals surface area contributed by atoms with Crippen LogP contribution < -0.4 is 5.32 Å². The van der Waals surface area contributed by atoms with Gasteiger partial charge in [0.25, 0.3) is 0 Å². The van der Waals surface area contributed by atoms with Crippen LogP contribution in [0.15, 0.2) is 0 Å². The van der Waals surface area contributed by atoms with Gasteiger partial charge in [0, 0.05) is 12.5 Å². The average Bonchev–Trinajstić information content (AvgIpc) is 2.02. The van der Waals surface area contributed by atoms with E-state index in [9.17, 15) is 4.79 Å². The number of rotatable bonds is 5. The molecule has 1 N–H and O–H groups in total. The molecule has 0 saturated heterocycles. The fourth-order valence-corrected chi connectivity index (χ4v) is 0.948. The number of nitrogens with one attached hydrogen (secondary N) is 1. The molecule has 0 bridgehead atoms. The van der Waals surface area contributed by atoms with Gasteiger partial charge in [-0.3, -0.25) is 4.79 Å². The van der Waals surface area contributed by atoms with Gasteiger partial charge in [0.15, 0.2) is 0 Å². The zero-order valence-electron chi connectivity index (χ0n) is 9.55. The van der Waals surface area contributed by atoms with Gasteiger partial charge in [-0.25, -0.2) is 0 Å². The van der Waals surface area contributed by atoms with Crippen molar-refractivity contribution in [1.29, 1.82) is 0 Å². The molecule has 0 aromatic rings. The maximum atomic E-state index is 11.5. The van der Waals surface area contributed by atoms with E-state index in [-0.39, 0.29) is 11.8 Å². The van der Waals surface area contributed by atoms with Crippen molar-refractivity contribution >= 4 is 5.91 Å². The minimum Gasteiger partial charge on any atom is -0.356 e. The lowest BCUT2D eigenvalue weighted by Crippen LogP contribution is -2.32. The van der Waals surface area contributed by atoms with Crippen LogP contribution in [0.25, 0.3) is 0 Å². The first-order chi connectivity index (χ1) is 5.95. The SMILES string of the molecule is CC(C)CCNC(=O)C(C)C(C)C. The lowest BCUT2D eigenvalue weighted by atomic mass is 9.97. The predicted molar refractivity (Wildman–Crippen MR) is 56.5 cm³/mol. The van der Waals surface area contributed by atoms with Crippen LogP contribution >= 0.6 is 0 Å². The standard InChI is InChI=1S/C11H23NO/c1-8(2)6-7-12-11(13)10(5)9(3)4/h8-10H,6-7H2,1-5H3,(H,12,13). The zero-order valence-corrected chi connectivity index (χ0v) is 9.55. The molecular weight excluding hydrogens is 162 g/mol. The molecule has 0 rings (SSSR count). The van der Waals surface area contributed by atoms with Crippen LogP contribution in [0.2, 0.25) is 0 Å². The van der Waals surface area contributed by atoms with E-state index in [0.29, 0.717) is 11.8 Å². The molecule has 0 aromatic carbocycles. The smallest absolute Gasteiger partial charge is 0.223 e. The van der Waals surface area contributed by atoms with E-state index in [2.05, 4.69) is 33.0 Å². The summed E-state index contributed by atoms with van der Waals surface area (Å²) >= 11 is 0. The molecular formula is C11H23NO. The summed E-state index contributed by atoms with van der Waals surface area (Å²) in [5.74, 6) is 1.41. The van der Waals surface area contributed by atoms with Crippen LogP contribution in [0, 0.1) is 17.8 Å².